The summed E-state index contributed by atoms with van der Waals surface area (Å²) in [5.41, 5.74) is 3.18. The molecular weight excluding hydrogens is 272 g/mol. The Balaban J connectivity index is 1.98. The summed E-state index contributed by atoms with van der Waals surface area (Å²) in [4.78, 5) is 22.2. The van der Waals surface area contributed by atoms with E-state index in [0.717, 1.165) is 19.3 Å². The lowest BCUT2D eigenvalue weighted by atomic mass is 10.00. The van der Waals surface area contributed by atoms with E-state index in [1.807, 2.05) is 5.01 Å². The molecule has 0 aliphatic carbocycles. The van der Waals surface area contributed by atoms with Gasteiger partial charge < -0.3 is 5.32 Å². The van der Waals surface area contributed by atoms with E-state index < -0.39 is 4.92 Å². The quantitative estimate of drug-likeness (QED) is 0.662. The van der Waals surface area contributed by atoms with E-state index in [4.69, 9.17) is 0 Å². The van der Waals surface area contributed by atoms with Gasteiger partial charge in [-0.3, -0.25) is 15.5 Å². The Labute approximate surface area is 123 Å². The first-order chi connectivity index (χ1) is 9.97. The first kappa shape index (κ1) is 15.2. The summed E-state index contributed by atoms with van der Waals surface area (Å²) in [6, 6.07) is 6.07. The molecule has 0 spiro atoms. The fourth-order valence-corrected chi connectivity index (χ4v) is 2.62. The molecule has 1 aromatic rings. The number of rotatable bonds is 3. The largest absolute Gasteiger partial charge is 0.333 e. The van der Waals surface area contributed by atoms with Crippen molar-refractivity contribution in [2.45, 2.75) is 45.2 Å². The lowest BCUT2D eigenvalue weighted by molar-refractivity contribution is -0.384. The first-order valence-corrected chi connectivity index (χ1v) is 7.08. The molecule has 2 amide bonds. The van der Waals surface area contributed by atoms with Crippen LogP contribution in [0.4, 0.5) is 16.2 Å². The molecule has 1 fully saturated rings. The van der Waals surface area contributed by atoms with Gasteiger partial charge in [-0.25, -0.2) is 9.80 Å². The molecule has 7 heteroatoms. The van der Waals surface area contributed by atoms with Crippen LogP contribution in [0.5, 0.6) is 0 Å². The minimum absolute atomic E-state index is 0.0486. The van der Waals surface area contributed by atoms with Crippen molar-refractivity contribution in [3.8, 4) is 0 Å². The van der Waals surface area contributed by atoms with Crippen LogP contribution < -0.4 is 10.7 Å². The van der Waals surface area contributed by atoms with Crippen molar-refractivity contribution in [3.63, 3.8) is 0 Å². The number of nitrogens with one attached hydrogen (secondary N) is 2. The summed E-state index contributed by atoms with van der Waals surface area (Å²) in [5, 5.41) is 15.3. The molecule has 0 aromatic heterocycles. The maximum atomic E-state index is 12.0. The molecule has 21 heavy (non-hydrogen) atoms. The number of benzene rings is 1. The van der Waals surface area contributed by atoms with Crippen LogP contribution in [0.1, 0.15) is 33.1 Å². The first-order valence-electron chi connectivity index (χ1n) is 7.08. The Kier molecular flexibility index (Phi) is 4.74. The lowest BCUT2D eigenvalue weighted by Crippen LogP contribution is -2.55. The number of urea groups is 1. The number of hydrogen-bond donors (Lipinski definition) is 2. The van der Waals surface area contributed by atoms with E-state index in [9.17, 15) is 14.9 Å². The highest BCUT2D eigenvalue weighted by Crippen LogP contribution is 2.21. The van der Waals surface area contributed by atoms with Gasteiger partial charge in [0.2, 0.25) is 0 Å². The fourth-order valence-electron chi connectivity index (χ4n) is 2.62. The highest BCUT2D eigenvalue weighted by Gasteiger charge is 2.26. The van der Waals surface area contributed by atoms with Gasteiger partial charge >= 0.3 is 6.03 Å². The molecule has 7 nitrogen and oxygen atoms in total. The standard InChI is InChI=1S/C14H20N4O3/c1-10-5-3-6-11(2)17(10)16-14(19)15-12-7-4-8-13(9-12)18(20)21/h4,7-11H,3,5-6H2,1-2H3,(H2,15,16,19). The van der Waals surface area contributed by atoms with Gasteiger partial charge in [-0.1, -0.05) is 12.5 Å². The predicted molar refractivity (Wildman–Crippen MR) is 79.9 cm³/mol. The number of nitro groups is 1. The van der Waals surface area contributed by atoms with Crippen LogP contribution in [0.3, 0.4) is 0 Å². The zero-order valence-corrected chi connectivity index (χ0v) is 12.2. The number of carbonyl (C=O) groups is 1. The number of carbonyl (C=O) groups excluding carboxylic acids is 1. The van der Waals surface area contributed by atoms with Crippen LogP contribution >= 0.6 is 0 Å². The third-order valence-corrected chi connectivity index (χ3v) is 3.74. The van der Waals surface area contributed by atoms with Gasteiger partial charge in [0.05, 0.1) is 4.92 Å². The van der Waals surface area contributed by atoms with Crippen molar-refractivity contribution in [3.05, 3.63) is 34.4 Å². The van der Waals surface area contributed by atoms with Gasteiger partial charge in [-0.2, -0.15) is 0 Å². The summed E-state index contributed by atoms with van der Waals surface area (Å²) in [6.45, 7) is 4.15. The third-order valence-electron chi connectivity index (χ3n) is 3.74. The summed E-state index contributed by atoms with van der Waals surface area (Å²) >= 11 is 0. The Morgan fingerprint density at radius 1 is 1.33 bits per heavy atom. The second-order valence-corrected chi connectivity index (χ2v) is 5.41. The van der Waals surface area contributed by atoms with Crippen LogP contribution in [0.15, 0.2) is 24.3 Å². The molecule has 1 aromatic carbocycles. The molecular formula is C14H20N4O3. The van der Waals surface area contributed by atoms with Gasteiger partial charge in [0.15, 0.2) is 0 Å². The number of piperidine rings is 1. The predicted octanol–water partition coefficient (Wildman–Crippen LogP) is 2.89. The monoisotopic (exact) mass is 292 g/mol. The topological polar surface area (TPSA) is 87.5 Å². The van der Waals surface area contributed by atoms with Crippen LogP contribution in [0.25, 0.3) is 0 Å². The Bertz CT molecular complexity index is 525. The summed E-state index contributed by atoms with van der Waals surface area (Å²) in [7, 11) is 0. The Hall–Kier alpha value is -2.15. The molecule has 0 bridgehead atoms. The molecule has 0 saturated carbocycles. The van der Waals surface area contributed by atoms with E-state index in [1.165, 1.54) is 12.1 Å². The number of anilines is 1. The smallest absolute Gasteiger partial charge is 0.307 e. The molecule has 1 saturated heterocycles. The number of nitrogens with zero attached hydrogens (tertiary/aromatic N) is 2. The normalized spacial score (nSPS) is 22.6. The van der Waals surface area contributed by atoms with E-state index in [-0.39, 0.29) is 23.8 Å². The minimum Gasteiger partial charge on any atom is -0.307 e. The molecule has 2 N–H and O–H groups in total. The number of nitro benzene ring substituents is 1. The van der Waals surface area contributed by atoms with Gasteiger partial charge in [0.25, 0.3) is 5.69 Å². The van der Waals surface area contributed by atoms with Crippen molar-refractivity contribution in [1.82, 2.24) is 10.4 Å². The SMILES string of the molecule is CC1CCCC(C)N1NC(=O)Nc1cccc([N+](=O)[O-])c1. The van der Waals surface area contributed by atoms with Crippen LogP contribution in [-0.2, 0) is 0 Å². The van der Waals surface area contributed by atoms with Crippen molar-refractivity contribution >= 4 is 17.4 Å². The lowest BCUT2D eigenvalue weighted by Gasteiger charge is -2.38. The van der Waals surface area contributed by atoms with Crippen molar-refractivity contribution in [1.29, 1.82) is 0 Å². The molecule has 2 rings (SSSR count). The molecule has 2 unspecified atom stereocenters. The molecule has 114 valence electrons. The maximum absolute atomic E-state index is 12.0. The summed E-state index contributed by atoms with van der Waals surface area (Å²) in [6.07, 6.45) is 3.25. The van der Waals surface area contributed by atoms with Crippen LogP contribution in [0.2, 0.25) is 0 Å². The van der Waals surface area contributed by atoms with Crippen LogP contribution in [0, 0.1) is 10.1 Å². The second-order valence-electron chi connectivity index (χ2n) is 5.41. The van der Waals surface area contributed by atoms with Gasteiger partial charge in [0, 0.05) is 29.9 Å². The summed E-state index contributed by atoms with van der Waals surface area (Å²) < 4.78 is 0. The average molecular weight is 292 g/mol. The number of hydrogen-bond acceptors (Lipinski definition) is 4. The molecule has 2 atom stereocenters. The Morgan fingerprint density at radius 2 is 2.00 bits per heavy atom. The van der Waals surface area contributed by atoms with Crippen molar-refractivity contribution in [2.24, 2.45) is 0 Å². The minimum atomic E-state index is -0.488. The zero-order chi connectivity index (χ0) is 15.4. The van der Waals surface area contributed by atoms with Crippen LogP contribution in [-0.4, -0.2) is 28.0 Å². The molecule has 1 aliphatic heterocycles. The van der Waals surface area contributed by atoms with Gasteiger partial charge in [-0.15, -0.1) is 0 Å². The number of amides is 2. The highest BCUT2D eigenvalue weighted by molar-refractivity contribution is 5.89. The van der Waals surface area contributed by atoms with Gasteiger partial charge in [0.1, 0.15) is 0 Å². The number of non-ortho nitro benzene ring substituents is 1. The highest BCUT2D eigenvalue weighted by atomic mass is 16.6. The van der Waals surface area contributed by atoms with E-state index in [2.05, 4.69) is 24.6 Å². The van der Waals surface area contributed by atoms with E-state index in [0.29, 0.717) is 5.69 Å². The Morgan fingerprint density at radius 3 is 2.62 bits per heavy atom. The third kappa shape index (κ3) is 3.91. The van der Waals surface area contributed by atoms with E-state index >= 15 is 0 Å². The number of hydrazine groups is 1. The fraction of sp³-hybridized carbons (Fsp3) is 0.500. The van der Waals surface area contributed by atoms with Gasteiger partial charge in [-0.05, 0) is 32.8 Å². The maximum Gasteiger partial charge on any atom is 0.333 e. The molecule has 1 aliphatic rings. The van der Waals surface area contributed by atoms with Crippen molar-refractivity contribution < 1.29 is 9.72 Å². The zero-order valence-electron chi connectivity index (χ0n) is 12.2. The molecule has 0 radical (unpaired) electrons. The molecule has 1 heterocycles. The average Bonchev–Trinajstić information content (AvgIpc) is 2.43. The second kappa shape index (κ2) is 6.53. The van der Waals surface area contributed by atoms with Crippen molar-refractivity contribution in [2.75, 3.05) is 5.32 Å². The summed E-state index contributed by atoms with van der Waals surface area (Å²) in [5.74, 6) is 0. The van der Waals surface area contributed by atoms with E-state index in [1.54, 1.807) is 12.1 Å².